The number of halogens is 1. The summed E-state index contributed by atoms with van der Waals surface area (Å²) >= 11 is 3.47. The zero-order valence-electron chi connectivity index (χ0n) is 11.4. The SMILES string of the molecule is Cc1cc(Br)cc(N2CCC(=O)NC(C3CC3)C2=O)c1. The predicted molar refractivity (Wildman–Crippen MR) is 80.5 cm³/mol. The number of hydrogen-bond donors (Lipinski definition) is 1. The molecule has 3 rings (SSSR count). The molecular weight excluding hydrogens is 320 g/mol. The number of nitrogens with zero attached hydrogens (tertiary/aromatic N) is 1. The van der Waals surface area contributed by atoms with Crippen LogP contribution in [0.25, 0.3) is 0 Å². The lowest BCUT2D eigenvalue weighted by atomic mass is 10.1. The Kier molecular flexibility index (Phi) is 3.54. The van der Waals surface area contributed by atoms with Crippen LogP contribution < -0.4 is 10.2 Å². The van der Waals surface area contributed by atoms with Crippen molar-refractivity contribution in [1.29, 1.82) is 0 Å². The quantitative estimate of drug-likeness (QED) is 0.901. The molecule has 1 aromatic rings. The summed E-state index contributed by atoms with van der Waals surface area (Å²) in [6.45, 7) is 2.45. The van der Waals surface area contributed by atoms with Crippen LogP contribution in [0.5, 0.6) is 0 Å². The minimum absolute atomic E-state index is 0.0236. The van der Waals surface area contributed by atoms with Gasteiger partial charge in [-0.1, -0.05) is 15.9 Å². The monoisotopic (exact) mass is 336 g/mol. The van der Waals surface area contributed by atoms with Gasteiger partial charge < -0.3 is 10.2 Å². The van der Waals surface area contributed by atoms with Crippen LogP contribution >= 0.6 is 15.9 Å². The lowest BCUT2D eigenvalue weighted by Crippen LogP contribution is -2.46. The van der Waals surface area contributed by atoms with Gasteiger partial charge in [0.25, 0.3) is 0 Å². The Morgan fingerprint density at radius 3 is 2.65 bits per heavy atom. The number of nitrogens with one attached hydrogen (secondary N) is 1. The molecule has 2 aliphatic rings. The fourth-order valence-electron chi connectivity index (χ4n) is 2.68. The number of hydrogen-bond acceptors (Lipinski definition) is 2. The van der Waals surface area contributed by atoms with Crippen molar-refractivity contribution in [2.24, 2.45) is 5.92 Å². The van der Waals surface area contributed by atoms with Crippen molar-refractivity contribution in [1.82, 2.24) is 5.32 Å². The van der Waals surface area contributed by atoms with Gasteiger partial charge in [-0.25, -0.2) is 0 Å². The van der Waals surface area contributed by atoms with Gasteiger partial charge >= 0.3 is 0 Å². The first-order valence-corrected chi connectivity index (χ1v) is 7.72. The number of amides is 2. The van der Waals surface area contributed by atoms with Crippen LogP contribution in [-0.2, 0) is 9.59 Å². The minimum Gasteiger partial charge on any atom is -0.344 e. The van der Waals surface area contributed by atoms with Gasteiger partial charge in [-0.15, -0.1) is 0 Å². The molecule has 1 aliphatic heterocycles. The average Bonchev–Trinajstić information content (AvgIpc) is 3.18. The lowest BCUT2D eigenvalue weighted by molar-refractivity contribution is -0.126. The van der Waals surface area contributed by atoms with Gasteiger partial charge in [-0.05, 0) is 49.4 Å². The highest BCUT2D eigenvalue weighted by Crippen LogP contribution is 2.35. The number of rotatable bonds is 2. The third kappa shape index (κ3) is 2.73. The zero-order chi connectivity index (χ0) is 14.3. The molecule has 0 aromatic heterocycles. The van der Waals surface area contributed by atoms with Crippen molar-refractivity contribution in [2.45, 2.75) is 32.2 Å². The van der Waals surface area contributed by atoms with E-state index in [1.54, 1.807) is 4.90 Å². The first-order valence-electron chi connectivity index (χ1n) is 6.92. The normalized spacial score (nSPS) is 23.5. The second-order valence-electron chi connectivity index (χ2n) is 5.61. The maximum absolute atomic E-state index is 12.7. The van der Waals surface area contributed by atoms with Crippen LogP contribution in [0.2, 0.25) is 0 Å². The topological polar surface area (TPSA) is 49.4 Å². The Balaban J connectivity index is 1.93. The number of anilines is 1. The average molecular weight is 337 g/mol. The molecule has 4 nitrogen and oxygen atoms in total. The van der Waals surface area contributed by atoms with Crippen LogP contribution in [0.3, 0.4) is 0 Å². The summed E-state index contributed by atoms with van der Waals surface area (Å²) in [7, 11) is 0. The van der Waals surface area contributed by atoms with Crippen molar-refractivity contribution in [2.75, 3.05) is 11.4 Å². The van der Waals surface area contributed by atoms with E-state index in [4.69, 9.17) is 0 Å². The number of benzene rings is 1. The Bertz CT molecular complexity index is 549. The molecule has 2 amide bonds. The van der Waals surface area contributed by atoms with Gasteiger partial charge in [0.2, 0.25) is 11.8 Å². The molecule has 0 spiro atoms. The standard InChI is InChI=1S/C15H17BrN2O2/c1-9-6-11(16)8-12(7-9)18-5-4-13(19)17-14(15(18)20)10-2-3-10/h6-8,10,14H,2-5H2,1H3,(H,17,19). The predicted octanol–water partition coefficient (Wildman–Crippen LogP) is 2.39. The maximum atomic E-state index is 12.7. The van der Waals surface area contributed by atoms with Crippen LogP contribution in [-0.4, -0.2) is 24.4 Å². The lowest BCUT2D eigenvalue weighted by Gasteiger charge is -2.24. The van der Waals surface area contributed by atoms with Crippen LogP contribution in [0, 0.1) is 12.8 Å². The van der Waals surface area contributed by atoms with E-state index in [2.05, 4.69) is 21.2 Å². The highest BCUT2D eigenvalue weighted by Gasteiger charge is 2.41. The molecule has 5 heteroatoms. The molecule has 1 atom stereocenters. The van der Waals surface area contributed by atoms with Crippen molar-refractivity contribution < 1.29 is 9.59 Å². The van der Waals surface area contributed by atoms with E-state index in [1.165, 1.54) is 0 Å². The van der Waals surface area contributed by atoms with Crippen molar-refractivity contribution >= 4 is 33.4 Å². The van der Waals surface area contributed by atoms with Crippen molar-refractivity contribution in [3.63, 3.8) is 0 Å². The highest BCUT2D eigenvalue weighted by molar-refractivity contribution is 9.10. The smallest absolute Gasteiger partial charge is 0.249 e. The van der Waals surface area contributed by atoms with Gasteiger partial charge in [-0.2, -0.15) is 0 Å². The minimum atomic E-state index is -0.343. The molecule has 1 unspecified atom stereocenters. The van der Waals surface area contributed by atoms with Crippen molar-refractivity contribution in [3.05, 3.63) is 28.2 Å². The van der Waals surface area contributed by atoms with E-state index in [0.717, 1.165) is 28.6 Å². The molecule has 1 aromatic carbocycles. The van der Waals surface area contributed by atoms with Crippen molar-refractivity contribution in [3.8, 4) is 0 Å². The van der Waals surface area contributed by atoms with Crippen LogP contribution in [0.4, 0.5) is 5.69 Å². The largest absolute Gasteiger partial charge is 0.344 e. The van der Waals surface area contributed by atoms with E-state index in [9.17, 15) is 9.59 Å². The summed E-state index contributed by atoms with van der Waals surface area (Å²) in [5.41, 5.74) is 1.96. The molecule has 106 valence electrons. The van der Waals surface area contributed by atoms with Crippen LogP contribution in [0.1, 0.15) is 24.8 Å². The fourth-order valence-corrected chi connectivity index (χ4v) is 3.27. The second kappa shape index (κ2) is 5.20. The third-order valence-corrected chi connectivity index (χ3v) is 4.30. The van der Waals surface area contributed by atoms with Gasteiger partial charge in [0.15, 0.2) is 0 Å². The summed E-state index contributed by atoms with van der Waals surface area (Å²) < 4.78 is 0.951. The first kappa shape index (κ1) is 13.6. The van der Waals surface area contributed by atoms with Gasteiger partial charge in [0.05, 0.1) is 0 Å². The third-order valence-electron chi connectivity index (χ3n) is 3.84. The maximum Gasteiger partial charge on any atom is 0.249 e. The Hall–Kier alpha value is -1.36. The summed E-state index contributed by atoms with van der Waals surface area (Å²) in [6.07, 6.45) is 2.42. The number of carbonyl (C=O) groups is 2. The number of carbonyl (C=O) groups excluding carboxylic acids is 2. The van der Waals surface area contributed by atoms with Gasteiger partial charge in [-0.3, -0.25) is 9.59 Å². The summed E-state index contributed by atoms with van der Waals surface area (Å²) in [4.78, 5) is 26.2. The number of aryl methyl sites for hydroxylation is 1. The molecule has 1 saturated heterocycles. The van der Waals surface area contributed by atoms with E-state index in [1.807, 2.05) is 25.1 Å². The van der Waals surface area contributed by atoms with Gasteiger partial charge in [0.1, 0.15) is 6.04 Å². The Morgan fingerprint density at radius 1 is 1.25 bits per heavy atom. The second-order valence-corrected chi connectivity index (χ2v) is 6.52. The summed E-state index contributed by atoms with van der Waals surface area (Å²) in [5.74, 6) is 0.320. The molecule has 1 saturated carbocycles. The summed E-state index contributed by atoms with van der Waals surface area (Å²) in [6, 6.07) is 5.59. The van der Waals surface area contributed by atoms with Crippen LogP contribution in [0.15, 0.2) is 22.7 Å². The van der Waals surface area contributed by atoms with E-state index in [0.29, 0.717) is 18.9 Å². The van der Waals surface area contributed by atoms with E-state index in [-0.39, 0.29) is 17.9 Å². The summed E-state index contributed by atoms with van der Waals surface area (Å²) in [5, 5.41) is 2.88. The molecular formula is C15H17BrN2O2. The highest BCUT2D eigenvalue weighted by atomic mass is 79.9. The molecule has 1 N–H and O–H groups in total. The molecule has 0 bridgehead atoms. The van der Waals surface area contributed by atoms with E-state index < -0.39 is 0 Å². The zero-order valence-corrected chi connectivity index (χ0v) is 12.9. The molecule has 20 heavy (non-hydrogen) atoms. The first-order chi connectivity index (χ1) is 9.54. The molecule has 1 aliphatic carbocycles. The molecule has 0 radical (unpaired) electrons. The van der Waals surface area contributed by atoms with E-state index >= 15 is 0 Å². The Labute approximate surface area is 126 Å². The fraction of sp³-hybridized carbons (Fsp3) is 0.467. The molecule has 2 fully saturated rings. The Morgan fingerprint density at radius 2 is 2.00 bits per heavy atom. The molecule has 1 heterocycles. The van der Waals surface area contributed by atoms with Gasteiger partial charge in [0, 0.05) is 23.1 Å².